The lowest BCUT2D eigenvalue weighted by atomic mass is 10.1. The molecule has 19 heavy (non-hydrogen) atoms. The van der Waals surface area contributed by atoms with Crippen LogP contribution in [0.15, 0.2) is 24.4 Å². The normalized spacial score (nSPS) is 10.6. The molecule has 0 aliphatic carbocycles. The highest BCUT2D eigenvalue weighted by Gasteiger charge is 2.15. The van der Waals surface area contributed by atoms with E-state index in [1.807, 2.05) is 18.2 Å². The molecule has 100 valence electrons. The molecule has 0 radical (unpaired) electrons. The Morgan fingerprint density at radius 2 is 2.21 bits per heavy atom. The number of nitrogens with two attached hydrogens (primary N) is 1. The van der Waals surface area contributed by atoms with Crippen LogP contribution in [0.2, 0.25) is 0 Å². The first-order chi connectivity index (χ1) is 9.19. The van der Waals surface area contributed by atoms with E-state index in [1.54, 1.807) is 14.0 Å². The molecule has 0 atom stereocenters. The molecule has 0 bridgehead atoms. The van der Waals surface area contributed by atoms with Crippen LogP contribution in [0.3, 0.4) is 0 Å². The molecule has 1 aromatic heterocycles. The summed E-state index contributed by atoms with van der Waals surface area (Å²) in [5, 5.41) is 0.736. The number of benzene rings is 1. The lowest BCUT2D eigenvalue weighted by Crippen LogP contribution is -2.09. The number of esters is 1. The highest BCUT2D eigenvalue weighted by atomic mass is 16.5. The van der Waals surface area contributed by atoms with Gasteiger partial charge in [0.05, 0.1) is 24.4 Å². The van der Waals surface area contributed by atoms with Gasteiger partial charge in [-0.25, -0.2) is 4.79 Å². The second-order valence-electron chi connectivity index (χ2n) is 4.05. The van der Waals surface area contributed by atoms with Gasteiger partial charge in [-0.3, -0.25) is 4.98 Å². The van der Waals surface area contributed by atoms with Gasteiger partial charge in [0.1, 0.15) is 5.56 Å². The van der Waals surface area contributed by atoms with Crippen LogP contribution in [0.25, 0.3) is 10.9 Å². The summed E-state index contributed by atoms with van der Waals surface area (Å²) in [6.45, 7) is 2.50. The van der Waals surface area contributed by atoms with E-state index in [2.05, 4.69) is 4.98 Å². The molecule has 5 nitrogen and oxygen atoms in total. The molecule has 0 amide bonds. The van der Waals surface area contributed by atoms with Crippen LogP contribution in [0.1, 0.15) is 22.8 Å². The third-order valence-electron chi connectivity index (χ3n) is 2.82. The Bertz CT molecular complexity index is 611. The van der Waals surface area contributed by atoms with Gasteiger partial charge in [-0.15, -0.1) is 0 Å². The molecule has 2 rings (SSSR count). The summed E-state index contributed by atoms with van der Waals surface area (Å²) in [5.41, 5.74) is 8.40. The minimum atomic E-state index is -0.452. The standard InChI is InChI=1S/C14H16N2O3/c1-3-19-14(17)11-7-16-13-9(8-18-2)5-4-6-10(13)12(11)15/h4-7H,3,8H2,1-2H3,(H2,15,16). The Morgan fingerprint density at radius 3 is 2.89 bits per heavy atom. The van der Waals surface area contributed by atoms with Crippen LogP contribution in [-0.4, -0.2) is 24.7 Å². The molecule has 0 saturated carbocycles. The summed E-state index contributed by atoms with van der Waals surface area (Å²) in [6, 6.07) is 5.62. The molecular formula is C14H16N2O3. The summed E-state index contributed by atoms with van der Waals surface area (Å²) >= 11 is 0. The maximum Gasteiger partial charge on any atom is 0.341 e. The van der Waals surface area contributed by atoms with Crippen molar-refractivity contribution in [1.82, 2.24) is 4.98 Å². The number of pyridine rings is 1. The van der Waals surface area contributed by atoms with E-state index in [-0.39, 0.29) is 0 Å². The molecule has 0 unspecified atom stereocenters. The van der Waals surface area contributed by atoms with Gasteiger partial charge in [-0.2, -0.15) is 0 Å². The van der Waals surface area contributed by atoms with Crippen LogP contribution in [0.4, 0.5) is 5.69 Å². The average Bonchev–Trinajstić information content (AvgIpc) is 2.40. The van der Waals surface area contributed by atoms with Gasteiger partial charge in [0.15, 0.2) is 0 Å². The summed E-state index contributed by atoms with van der Waals surface area (Å²) in [4.78, 5) is 16.1. The zero-order chi connectivity index (χ0) is 13.8. The number of nitrogen functional groups attached to an aromatic ring is 1. The maximum atomic E-state index is 11.8. The summed E-state index contributed by atoms with van der Waals surface area (Å²) in [7, 11) is 1.62. The van der Waals surface area contributed by atoms with Crippen LogP contribution < -0.4 is 5.73 Å². The SMILES string of the molecule is CCOC(=O)c1cnc2c(COC)cccc2c1N. The number of anilines is 1. The smallest absolute Gasteiger partial charge is 0.341 e. The number of carbonyl (C=O) groups is 1. The predicted molar refractivity (Wildman–Crippen MR) is 72.8 cm³/mol. The first-order valence-electron chi connectivity index (χ1n) is 6.01. The maximum absolute atomic E-state index is 11.8. The van der Waals surface area contributed by atoms with Gasteiger partial charge in [-0.05, 0) is 6.92 Å². The number of ether oxygens (including phenoxy) is 2. The van der Waals surface area contributed by atoms with Crippen LogP contribution in [0.5, 0.6) is 0 Å². The van der Waals surface area contributed by atoms with E-state index < -0.39 is 5.97 Å². The van der Waals surface area contributed by atoms with Gasteiger partial charge in [-0.1, -0.05) is 18.2 Å². The zero-order valence-electron chi connectivity index (χ0n) is 11.0. The van der Waals surface area contributed by atoms with E-state index >= 15 is 0 Å². The van der Waals surface area contributed by atoms with Crippen molar-refractivity contribution in [3.8, 4) is 0 Å². The molecule has 0 fully saturated rings. The Hall–Kier alpha value is -2.14. The van der Waals surface area contributed by atoms with Crippen molar-refractivity contribution in [1.29, 1.82) is 0 Å². The lowest BCUT2D eigenvalue weighted by molar-refractivity contribution is 0.0527. The van der Waals surface area contributed by atoms with Gasteiger partial charge in [0.25, 0.3) is 0 Å². The van der Waals surface area contributed by atoms with Crippen molar-refractivity contribution in [3.63, 3.8) is 0 Å². The number of hydrogen-bond acceptors (Lipinski definition) is 5. The van der Waals surface area contributed by atoms with Crippen molar-refractivity contribution in [2.24, 2.45) is 0 Å². The fraction of sp³-hybridized carbons (Fsp3) is 0.286. The van der Waals surface area contributed by atoms with Crippen molar-refractivity contribution in [2.45, 2.75) is 13.5 Å². The molecule has 0 spiro atoms. The third kappa shape index (κ3) is 2.51. The fourth-order valence-electron chi connectivity index (χ4n) is 1.95. The van der Waals surface area contributed by atoms with Crippen LogP contribution in [-0.2, 0) is 16.1 Å². The van der Waals surface area contributed by atoms with E-state index in [0.29, 0.717) is 24.5 Å². The van der Waals surface area contributed by atoms with Crippen molar-refractivity contribution < 1.29 is 14.3 Å². The first kappa shape index (κ1) is 13.3. The molecule has 0 aliphatic heterocycles. The van der Waals surface area contributed by atoms with Gasteiger partial charge < -0.3 is 15.2 Å². The zero-order valence-corrected chi connectivity index (χ0v) is 11.0. The lowest BCUT2D eigenvalue weighted by Gasteiger charge is -2.10. The molecule has 0 saturated heterocycles. The second kappa shape index (κ2) is 5.67. The summed E-state index contributed by atoms with van der Waals surface area (Å²) < 4.78 is 10.1. The number of aromatic nitrogens is 1. The molecular weight excluding hydrogens is 244 g/mol. The number of carbonyl (C=O) groups excluding carboxylic acids is 1. The minimum absolute atomic E-state index is 0.295. The molecule has 2 aromatic rings. The van der Waals surface area contributed by atoms with E-state index in [9.17, 15) is 4.79 Å². The number of fused-ring (bicyclic) bond motifs is 1. The van der Waals surface area contributed by atoms with Gasteiger partial charge in [0.2, 0.25) is 0 Å². The molecule has 0 aliphatic rings. The first-order valence-corrected chi connectivity index (χ1v) is 6.01. The number of para-hydroxylation sites is 1. The highest BCUT2D eigenvalue weighted by molar-refractivity contribution is 6.04. The Balaban J connectivity index is 2.56. The van der Waals surface area contributed by atoms with Crippen molar-refractivity contribution in [2.75, 3.05) is 19.5 Å². The minimum Gasteiger partial charge on any atom is -0.462 e. The van der Waals surface area contributed by atoms with Gasteiger partial charge >= 0.3 is 5.97 Å². The van der Waals surface area contributed by atoms with Crippen molar-refractivity contribution in [3.05, 3.63) is 35.5 Å². The summed E-state index contributed by atoms with van der Waals surface area (Å²) in [6.07, 6.45) is 1.45. The average molecular weight is 260 g/mol. The van der Waals surface area contributed by atoms with Crippen LogP contribution in [0, 0.1) is 0 Å². The monoisotopic (exact) mass is 260 g/mol. The number of nitrogens with zero attached hydrogens (tertiary/aromatic N) is 1. The fourth-order valence-corrected chi connectivity index (χ4v) is 1.95. The summed E-state index contributed by atoms with van der Waals surface area (Å²) in [5.74, 6) is -0.452. The predicted octanol–water partition coefficient (Wildman–Crippen LogP) is 2.14. The second-order valence-corrected chi connectivity index (χ2v) is 4.05. The molecule has 1 aromatic carbocycles. The quantitative estimate of drug-likeness (QED) is 0.852. The van der Waals surface area contributed by atoms with Crippen LogP contribution >= 0.6 is 0 Å². The molecule has 2 N–H and O–H groups in total. The Labute approximate surface area is 111 Å². The van der Waals surface area contributed by atoms with Crippen molar-refractivity contribution >= 4 is 22.6 Å². The van der Waals surface area contributed by atoms with E-state index in [0.717, 1.165) is 16.5 Å². The van der Waals surface area contributed by atoms with E-state index in [1.165, 1.54) is 6.20 Å². The topological polar surface area (TPSA) is 74.4 Å². The van der Waals surface area contributed by atoms with Gasteiger partial charge in [0, 0.05) is 24.3 Å². The molecule has 5 heteroatoms. The Morgan fingerprint density at radius 1 is 1.42 bits per heavy atom. The number of hydrogen-bond donors (Lipinski definition) is 1. The number of methoxy groups -OCH3 is 1. The number of rotatable bonds is 4. The third-order valence-corrected chi connectivity index (χ3v) is 2.82. The largest absolute Gasteiger partial charge is 0.462 e. The molecule has 1 heterocycles. The Kier molecular flexibility index (Phi) is 3.97. The van der Waals surface area contributed by atoms with E-state index in [4.69, 9.17) is 15.2 Å². The highest BCUT2D eigenvalue weighted by Crippen LogP contribution is 2.26.